The van der Waals surface area contributed by atoms with Gasteiger partial charge in [0.15, 0.2) is 0 Å². The molecule has 0 aliphatic carbocycles. The number of rotatable bonds is 6. The molecule has 0 aromatic heterocycles. The van der Waals surface area contributed by atoms with E-state index in [0.717, 1.165) is 5.56 Å². The average molecular weight is 269 g/mol. The van der Waals surface area contributed by atoms with E-state index in [2.05, 4.69) is 5.32 Å². The zero-order valence-electron chi connectivity index (χ0n) is 11.1. The van der Waals surface area contributed by atoms with Crippen LogP contribution >= 0.6 is 7.60 Å². The monoisotopic (exact) mass is 269 g/mol. The molecule has 0 radical (unpaired) electrons. The lowest BCUT2D eigenvalue weighted by atomic mass is 10.1. The van der Waals surface area contributed by atoms with Crippen molar-refractivity contribution in [3.63, 3.8) is 0 Å². The summed E-state index contributed by atoms with van der Waals surface area (Å²) in [6, 6.07) is 9.98. The largest absolute Gasteiger partial charge is 0.352 e. The van der Waals surface area contributed by atoms with E-state index in [0.29, 0.717) is 13.2 Å². The van der Waals surface area contributed by atoms with Gasteiger partial charge in [-0.15, -0.1) is 0 Å². The Morgan fingerprint density at radius 3 is 2.28 bits per heavy atom. The van der Waals surface area contributed by atoms with Crippen molar-refractivity contribution in [2.45, 2.75) is 32.1 Å². The standard InChI is InChI=1S/C13H20NO3P/c1-4-16-18(15,17-5-2)13(3)12(14-13)11-9-7-6-8-10-11/h6-10,12,14H,4-5H2,1-3H3/t12-,13-/m1/s1. The molecule has 0 amide bonds. The van der Waals surface area contributed by atoms with Crippen molar-refractivity contribution >= 4 is 7.60 Å². The van der Waals surface area contributed by atoms with Gasteiger partial charge in [-0.1, -0.05) is 30.3 Å². The topological polar surface area (TPSA) is 57.5 Å². The lowest BCUT2D eigenvalue weighted by molar-refractivity contribution is 0.209. The van der Waals surface area contributed by atoms with Crippen molar-refractivity contribution < 1.29 is 13.6 Å². The molecule has 1 aliphatic heterocycles. The molecule has 0 spiro atoms. The van der Waals surface area contributed by atoms with E-state index in [1.165, 1.54) is 0 Å². The molecule has 0 bridgehead atoms. The van der Waals surface area contributed by atoms with Crippen LogP contribution in [-0.4, -0.2) is 18.5 Å². The second-order valence-corrected chi connectivity index (χ2v) is 6.91. The minimum absolute atomic E-state index is 0.0302. The summed E-state index contributed by atoms with van der Waals surface area (Å²) >= 11 is 0. The van der Waals surface area contributed by atoms with E-state index in [9.17, 15) is 4.57 Å². The molecule has 4 nitrogen and oxygen atoms in total. The summed E-state index contributed by atoms with van der Waals surface area (Å²) in [5, 5.41) is 2.65. The van der Waals surface area contributed by atoms with E-state index in [1.807, 2.05) is 51.1 Å². The minimum atomic E-state index is -3.12. The fourth-order valence-corrected chi connectivity index (χ4v) is 4.23. The Kier molecular flexibility index (Phi) is 3.93. The summed E-state index contributed by atoms with van der Waals surface area (Å²) in [6.07, 6.45) is 0. The summed E-state index contributed by atoms with van der Waals surface area (Å²) < 4.78 is 23.6. The van der Waals surface area contributed by atoms with E-state index in [4.69, 9.17) is 9.05 Å². The molecule has 0 unspecified atom stereocenters. The van der Waals surface area contributed by atoms with Gasteiger partial charge in [0.25, 0.3) is 0 Å². The zero-order valence-corrected chi connectivity index (χ0v) is 11.9. The van der Waals surface area contributed by atoms with Gasteiger partial charge in [0.1, 0.15) is 5.28 Å². The fraction of sp³-hybridized carbons (Fsp3) is 0.538. The highest BCUT2D eigenvalue weighted by atomic mass is 31.2. The lowest BCUT2D eigenvalue weighted by Gasteiger charge is -2.22. The molecular formula is C13H20NO3P. The SMILES string of the molecule is CCOP(=O)(OCC)[C@@]1(C)N[C@@H]1c1ccccc1. The Balaban J connectivity index is 2.21. The van der Waals surface area contributed by atoms with Crippen LogP contribution in [0, 0.1) is 0 Å². The van der Waals surface area contributed by atoms with Crippen molar-refractivity contribution in [3.8, 4) is 0 Å². The van der Waals surface area contributed by atoms with Crippen molar-refractivity contribution in [1.82, 2.24) is 5.32 Å². The first kappa shape index (κ1) is 13.8. The molecule has 1 fully saturated rings. The van der Waals surface area contributed by atoms with E-state index >= 15 is 0 Å². The molecule has 1 aliphatic rings. The summed E-state index contributed by atoms with van der Waals surface area (Å²) in [5.41, 5.74) is 1.11. The summed E-state index contributed by atoms with van der Waals surface area (Å²) in [4.78, 5) is 0. The number of hydrogen-bond donors (Lipinski definition) is 1. The van der Waals surface area contributed by atoms with Crippen molar-refractivity contribution in [1.29, 1.82) is 0 Å². The minimum Gasteiger partial charge on any atom is -0.308 e. The van der Waals surface area contributed by atoms with Gasteiger partial charge in [0.05, 0.1) is 19.3 Å². The Morgan fingerprint density at radius 2 is 1.78 bits per heavy atom. The van der Waals surface area contributed by atoms with Crippen molar-refractivity contribution in [3.05, 3.63) is 35.9 Å². The third-order valence-electron chi connectivity index (χ3n) is 3.22. The molecule has 1 N–H and O–H groups in total. The molecule has 1 aromatic carbocycles. The third-order valence-corrected chi connectivity index (χ3v) is 5.94. The lowest BCUT2D eigenvalue weighted by Crippen LogP contribution is -2.16. The van der Waals surface area contributed by atoms with Gasteiger partial charge >= 0.3 is 7.60 Å². The maximum absolute atomic E-state index is 12.8. The Morgan fingerprint density at radius 1 is 1.22 bits per heavy atom. The van der Waals surface area contributed by atoms with Crippen LogP contribution in [-0.2, 0) is 13.6 Å². The molecule has 100 valence electrons. The molecule has 2 rings (SSSR count). The quantitative estimate of drug-likeness (QED) is 0.635. The van der Waals surface area contributed by atoms with Gasteiger partial charge in [0, 0.05) is 0 Å². The van der Waals surface area contributed by atoms with Crippen LogP contribution < -0.4 is 5.32 Å². The predicted octanol–water partition coefficient (Wildman–Crippen LogP) is 3.31. The molecule has 0 saturated carbocycles. The van der Waals surface area contributed by atoms with Crippen LogP contribution in [0.15, 0.2) is 30.3 Å². The molecule has 1 heterocycles. The van der Waals surface area contributed by atoms with Gasteiger partial charge in [-0.2, -0.15) is 0 Å². The predicted molar refractivity (Wildman–Crippen MR) is 71.6 cm³/mol. The molecular weight excluding hydrogens is 249 g/mol. The summed E-state index contributed by atoms with van der Waals surface area (Å²) in [7, 11) is -3.12. The highest BCUT2D eigenvalue weighted by molar-refractivity contribution is 7.56. The van der Waals surface area contributed by atoms with Gasteiger partial charge in [-0.05, 0) is 26.3 Å². The Bertz CT molecular complexity index is 441. The van der Waals surface area contributed by atoms with Crippen LogP contribution in [0.3, 0.4) is 0 Å². The van der Waals surface area contributed by atoms with Crippen molar-refractivity contribution in [2.24, 2.45) is 0 Å². The third kappa shape index (κ3) is 2.26. The van der Waals surface area contributed by atoms with Crippen LogP contribution in [0.4, 0.5) is 0 Å². The Labute approximate surface area is 108 Å². The first-order valence-electron chi connectivity index (χ1n) is 6.29. The van der Waals surface area contributed by atoms with Gasteiger partial charge < -0.3 is 9.05 Å². The van der Waals surface area contributed by atoms with E-state index < -0.39 is 12.9 Å². The molecule has 5 heteroatoms. The average Bonchev–Trinajstić information content (AvgIpc) is 3.05. The summed E-state index contributed by atoms with van der Waals surface area (Å²) in [6.45, 7) is 6.33. The van der Waals surface area contributed by atoms with Crippen LogP contribution in [0.5, 0.6) is 0 Å². The second kappa shape index (κ2) is 5.14. The smallest absolute Gasteiger partial charge is 0.308 e. The molecule has 18 heavy (non-hydrogen) atoms. The second-order valence-electron chi connectivity index (χ2n) is 4.47. The van der Waals surface area contributed by atoms with Gasteiger partial charge in [-0.3, -0.25) is 9.88 Å². The molecule has 1 saturated heterocycles. The number of hydrogen-bond acceptors (Lipinski definition) is 4. The normalized spacial score (nSPS) is 27.2. The summed E-state index contributed by atoms with van der Waals surface area (Å²) in [5.74, 6) is 0. The highest BCUT2D eigenvalue weighted by Gasteiger charge is 2.64. The first-order valence-corrected chi connectivity index (χ1v) is 7.83. The van der Waals surface area contributed by atoms with Crippen LogP contribution in [0.1, 0.15) is 32.4 Å². The van der Waals surface area contributed by atoms with Crippen LogP contribution in [0.2, 0.25) is 0 Å². The fourth-order valence-electron chi connectivity index (χ4n) is 2.19. The highest BCUT2D eigenvalue weighted by Crippen LogP contribution is 2.69. The number of nitrogens with one attached hydrogen (secondary N) is 1. The van der Waals surface area contributed by atoms with Gasteiger partial charge in [-0.25, -0.2) is 0 Å². The first-order chi connectivity index (χ1) is 8.57. The van der Waals surface area contributed by atoms with E-state index in [1.54, 1.807) is 0 Å². The van der Waals surface area contributed by atoms with E-state index in [-0.39, 0.29) is 6.04 Å². The number of benzene rings is 1. The molecule has 2 atom stereocenters. The van der Waals surface area contributed by atoms with Gasteiger partial charge in [0.2, 0.25) is 0 Å². The van der Waals surface area contributed by atoms with Crippen molar-refractivity contribution in [2.75, 3.05) is 13.2 Å². The Hall–Kier alpha value is -0.670. The maximum atomic E-state index is 12.8. The maximum Gasteiger partial charge on any atom is 0.352 e. The zero-order chi connectivity index (χ0) is 13.2. The molecule has 1 aromatic rings. The van der Waals surface area contributed by atoms with Crippen LogP contribution in [0.25, 0.3) is 0 Å².